The summed E-state index contributed by atoms with van der Waals surface area (Å²) in [5.41, 5.74) is 1.84. The van der Waals surface area contributed by atoms with Gasteiger partial charge in [-0.15, -0.1) is 0 Å². The lowest BCUT2D eigenvalue weighted by molar-refractivity contribution is -0.163. The summed E-state index contributed by atoms with van der Waals surface area (Å²) < 4.78 is 9.92. The highest BCUT2D eigenvalue weighted by Crippen LogP contribution is 2.18. The summed E-state index contributed by atoms with van der Waals surface area (Å²) in [6.07, 6.45) is 0.176. The lowest BCUT2D eigenvalue weighted by atomic mass is 10.0. The Hall–Kier alpha value is -2.57. The summed E-state index contributed by atoms with van der Waals surface area (Å²) >= 11 is 0. The molecule has 0 spiro atoms. The molecule has 144 valence electrons. The molecule has 26 heavy (non-hydrogen) atoms. The van der Waals surface area contributed by atoms with Crippen LogP contribution in [0.25, 0.3) is 0 Å². The fourth-order valence-electron chi connectivity index (χ4n) is 2.24. The first-order valence-electron chi connectivity index (χ1n) is 8.61. The molecule has 7 heteroatoms. The van der Waals surface area contributed by atoms with Gasteiger partial charge in [-0.3, -0.25) is 4.79 Å². The fraction of sp³-hybridized carbons (Fsp3) is 0.526. The van der Waals surface area contributed by atoms with Crippen LogP contribution in [0.15, 0.2) is 30.3 Å². The molecule has 0 aromatic heterocycles. The van der Waals surface area contributed by atoms with E-state index in [-0.39, 0.29) is 24.9 Å². The number of hydrazine groups is 1. The molecule has 0 saturated carbocycles. The molecule has 0 bridgehead atoms. The molecule has 0 aliphatic carbocycles. The lowest BCUT2D eigenvalue weighted by Gasteiger charge is -2.36. The summed E-state index contributed by atoms with van der Waals surface area (Å²) in [5, 5.41) is 0.998. The van der Waals surface area contributed by atoms with Gasteiger partial charge in [0.25, 0.3) is 0 Å². The third kappa shape index (κ3) is 6.06. The van der Waals surface area contributed by atoms with Gasteiger partial charge in [0.2, 0.25) is 5.91 Å². The van der Waals surface area contributed by atoms with Crippen molar-refractivity contribution in [1.82, 2.24) is 10.4 Å². The second kappa shape index (κ2) is 9.79. The SMILES string of the molecule is CCC(C)CC(=O)N(NC(=O)OCc1ccccc1)C(C)(C)C(=O)OC. The Bertz CT molecular complexity index is 616. The molecular formula is C19H28N2O5. The zero-order valence-electron chi connectivity index (χ0n) is 16.1. The smallest absolute Gasteiger partial charge is 0.426 e. The average molecular weight is 364 g/mol. The van der Waals surface area contributed by atoms with Crippen LogP contribution in [-0.4, -0.2) is 35.6 Å². The van der Waals surface area contributed by atoms with Crippen molar-refractivity contribution in [1.29, 1.82) is 0 Å². The molecule has 1 atom stereocenters. The summed E-state index contributed by atoms with van der Waals surface area (Å²) in [7, 11) is 1.23. The summed E-state index contributed by atoms with van der Waals surface area (Å²) in [6, 6.07) is 9.16. The van der Waals surface area contributed by atoms with Crippen LogP contribution in [-0.2, 0) is 25.7 Å². The molecule has 0 saturated heterocycles. The normalized spacial score (nSPS) is 12.0. The van der Waals surface area contributed by atoms with Crippen LogP contribution in [0.3, 0.4) is 0 Å². The van der Waals surface area contributed by atoms with Gasteiger partial charge in [-0.25, -0.2) is 20.0 Å². The van der Waals surface area contributed by atoms with Gasteiger partial charge in [-0.1, -0.05) is 50.6 Å². The third-order valence-electron chi connectivity index (χ3n) is 4.13. The number of nitrogens with zero attached hydrogens (tertiary/aromatic N) is 1. The minimum Gasteiger partial charge on any atom is -0.467 e. The highest BCUT2D eigenvalue weighted by molar-refractivity contribution is 5.88. The maximum atomic E-state index is 12.6. The average Bonchev–Trinajstić information content (AvgIpc) is 2.63. The molecule has 0 fully saturated rings. The predicted octanol–water partition coefficient (Wildman–Crippen LogP) is 3.04. The quantitative estimate of drug-likeness (QED) is 0.594. The highest BCUT2D eigenvalue weighted by Gasteiger charge is 2.40. The number of benzene rings is 1. The molecule has 0 aliphatic rings. The maximum Gasteiger partial charge on any atom is 0.426 e. The molecule has 1 unspecified atom stereocenters. The van der Waals surface area contributed by atoms with Gasteiger partial charge >= 0.3 is 12.1 Å². The van der Waals surface area contributed by atoms with Gasteiger partial charge in [0.05, 0.1) is 7.11 Å². The Morgan fingerprint density at radius 3 is 2.35 bits per heavy atom. The van der Waals surface area contributed by atoms with Crippen molar-refractivity contribution in [3.05, 3.63) is 35.9 Å². The van der Waals surface area contributed by atoms with E-state index in [1.807, 2.05) is 44.2 Å². The van der Waals surface area contributed by atoms with E-state index in [1.54, 1.807) is 0 Å². The number of rotatable bonds is 7. The number of nitrogens with one attached hydrogen (secondary N) is 1. The monoisotopic (exact) mass is 364 g/mol. The highest BCUT2D eigenvalue weighted by atomic mass is 16.6. The van der Waals surface area contributed by atoms with Crippen molar-refractivity contribution in [2.24, 2.45) is 5.92 Å². The summed E-state index contributed by atoms with van der Waals surface area (Å²) in [6.45, 7) is 6.96. The standard InChI is InChI=1S/C19H28N2O5/c1-6-14(2)12-16(22)21(19(3,4)17(23)25-5)20-18(24)26-13-15-10-8-7-9-11-15/h7-11,14H,6,12-13H2,1-5H3,(H,20,24). The Kier molecular flexibility index (Phi) is 8.09. The summed E-state index contributed by atoms with van der Waals surface area (Å²) in [4.78, 5) is 36.9. The Balaban J connectivity index is 2.85. The molecule has 0 radical (unpaired) electrons. The number of hydrogen-bond donors (Lipinski definition) is 1. The second-order valence-electron chi connectivity index (χ2n) is 6.67. The first-order chi connectivity index (χ1) is 12.2. The van der Waals surface area contributed by atoms with Crippen LogP contribution in [0, 0.1) is 5.92 Å². The number of methoxy groups -OCH3 is 1. The number of hydrogen-bond acceptors (Lipinski definition) is 5. The van der Waals surface area contributed by atoms with Crippen molar-refractivity contribution in [3.8, 4) is 0 Å². The van der Waals surface area contributed by atoms with Gasteiger partial charge in [-0.2, -0.15) is 0 Å². The zero-order valence-corrected chi connectivity index (χ0v) is 16.1. The molecule has 1 N–H and O–H groups in total. The van der Waals surface area contributed by atoms with Crippen molar-refractivity contribution >= 4 is 18.0 Å². The Morgan fingerprint density at radius 2 is 1.81 bits per heavy atom. The molecule has 1 aromatic carbocycles. The number of amides is 2. The van der Waals surface area contributed by atoms with Gasteiger partial charge in [0.1, 0.15) is 6.61 Å². The molecule has 1 aromatic rings. The van der Waals surface area contributed by atoms with Gasteiger partial charge in [0.15, 0.2) is 5.54 Å². The minimum absolute atomic E-state index is 0.0543. The lowest BCUT2D eigenvalue weighted by Crippen LogP contribution is -2.61. The van der Waals surface area contributed by atoms with E-state index in [4.69, 9.17) is 9.47 Å². The molecule has 2 amide bonds. The van der Waals surface area contributed by atoms with E-state index in [0.717, 1.165) is 17.0 Å². The molecule has 7 nitrogen and oxygen atoms in total. The van der Waals surface area contributed by atoms with Gasteiger partial charge < -0.3 is 9.47 Å². The third-order valence-corrected chi connectivity index (χ3v) is 4.13. The topological polar surface area (TPSA) is 84.9 Å². The van der Waals surface area contributed by atoms with E-state index >= 15 is 0 Å². The molecule has 1 rings (SSSR count). The van der Waals surface area contributed by atoms with Crippen molar-refractivity contribution in [2.45, 2.75) is 52.7 Å². The van der Waals surface area contributed by atoms with Crippen LogP contribution < -0.4 is 5.43 Å². The maximum absolute atomic E-state index is 12.6. The van der Waals surface area contributed by atoms with Crippen molar-refractivity contribution in [3.63, 3.8) is 0 Å². The van der Waals surface area contributed by atoms with Crippen molar-refractivity contribution in [2.75, 3.05) is 7.11 Å². The van der Waals surface area contributed by atoms with Gasteiger partial charge in [0, 0.05) is 6.42 Å². The van der Waals surface area contributed by atoms with Crippen molar-refractivity contribution < 1.29 is 23.9 Å². The zero-order chi connectivity index (χ0) is 19.7. The number of ether oxygens (including phenoxy) is 2. The van der Waals surface area contributed by atoms with E-state index in [1.165, 1.54) is 21.0 Å². The summed E-state index contributed by atoms with van der Waals surface area (Å²) in [5.74, 6) is -0.912. The van der Waals surface area contributed by atoms with E-state index in [9.17, 15) is 14.4 Å². The Morgan fingerprint density at radius 1 is 1.19 bits per heavy atom. The van der Waals surface area contributed by atoms with Gasteiger partial charge in [-0.05, 0) is 25.3 Å². The first kappa shape index (κ1) is 21.5. The van der Waals surface area contributed by atoms with E-state index in [2.05, 4.69) is 5.43 Å². The molecule has 0 aliphatic heterocycles. The van der Waals surface area contributed by atoms with Crippen LogP contribution in [0.5, 0.6) is 0 Å². The number of carbonyl (C=O) groups is 3. The largest absolute Gasteiger partial charge is 0.467 e. The predicted molar refractivity (Wildman–Crippen MR) is 96.8 cm³/mol. The van der Waals surface area contributed by atoms with E-state index < -0.39 is 17.6 Å². The number of carbonyl (C=O) groups excluding carboxylic acids is 3. The van der Waals surface area contributed by atoms with Crippen LogP contribution in [0.4, 0.5) is 4.79 Å². The van der Waals surface area contributed by atoms with E-state index in [0.29, 0.717) is 0 Å². The van der Waals surface area contributed by atoms with Crippen LogP contribution in [0.1, 0.15) is 46.1 Å². The fourth-order valence-corrected chi connectivity index (χ4v) is 2.24. The van der Waals surface area contributed by atoms with Crippen LogP contribution in [0.2, 0.25) is 0 Å². The van der Waals surface area contributed by atoms with Crippen LogP contribution >= 0.6 is 0 Å². The first-order valence-corrected chi connectivity index (χ1v) is 8.61. The molecule has 0 heterocycles. The molecular weight excluding hydrogens is 336 g/mol. The number of esters is 1. The second-order valence-corrected chi connectivity index (χ2v) is 6.67. The minimum atomic E-state index is -1.37. The Labute approximate surface area is 154 Å².